The second-order valence-electron chi connectivity index (χ2n) is 16.8. The Morgan fingerprint density at radius 1 is 0.931 bits per heavy atom. The number of hydrogen-bond acceptors (Lipinski definition) is 10. The van der Waals surface area contributed by atoms with E-state index in [9.17, 15) is 24.0 Å². The highest BCUT2D eigenvalue weighted by molar-refractivity contribution is 7.09. The van der Waals surface area contributed by atoms with Crippen LogP contribution in [0.4, 0.5) is 0 Å². The number of thiazole rings is 1. The first-order chi connectivity index (χ1) is 27.8. The van der Waals surface area contributed by atoms with Crippen molar-refractivity contribution in [3.8, 4) is 0 Å². The van der Waals surface area contributed by atoms with Crippen LogP contribution in [0.3, 0.4) is 0 Å². The summed E-state index contributed by atoms with van der Waals surface area (Å²) in [7, 11) is 2.12. The van der Waals surface area contributed by atoms with Crippen molar-refractivity contribution in [2.75, 3.05) is 39.8 Å². The Bertz CT molecular complexity index is 1880. The molecule has 13 nitrogen and oxygen atoms in total. The molecule has 4 heterocycles. The summed E-state index contributed by atoms with van der Waals surface area (Å²) >= 11 is 1.54. The predicted molar refractivity (Wildman–Crippen MR) is 223 cm³/mol. The summed E-state index contributed by atoms with van der Waals surface area (Å²) in [5.74, 6) is -1.66. The van der Waals surface area contributed by atoms with E-state index in [1.165, 1.54) is 11.3 Å². The smallest absolute Gasteiger partial charge is 0.246 e. The number of ketones is 1. The van der Waals surface area contributed by atoms with E-state index in [0.29, 0.717) is 31.6 Å². The van der Waals surface area contributed by atoms with E-state index >= 15 is 0 Å². The summed E-state index contributed by atoms with van der Waals surface area (Å²) < 4.78 is 5.45. The first-order valence-corrected chi connectivity index (χ1v) is 21.5. The quantitative estimate of drug-likeness (QED) is 0.155. The minimum Gasteiger partial charge on any atom is -0.361 e. The molecule has 14 heteroatoms. The molecule has 6 rings (SSSR count). The van der Waals surface area contributed by atoms with Crippen LogP contribution >= 0.6 is 11.3 Å². The minimum atomic E-state index is -0.935. The van der Waals surface area contributed by atoms with Crippen molar-refractivity contribution in [3.63, 3.8) is 0 Å². The predicted octanol–water partition coefficient (Wildman–Crippen LogP) is 3.16. The molecule has 3 fully saturated rings. The van der Waals surface area contributed by atoms with Gasteiger partial charge in [-0.3, -0.25) is 28.9 Å². The third-order valence-electron chi connectivity index (χ3n) is 11.4. The van der Waals surface area contributed by atoms with Gasteiger partial charge >= 0.3 is 0 Å². The number of aromatic nitrogens is 1. The summed E-state index contributed by atoms with van der Waals surface area (Å²) in [4.78, 5) is 80.6. The van der Waals surface area contributed by atoms with E-state index in [1.807, 2.05) is 86.8 Å². The number of likely N-dealkylation sites (tertiary alicyclic amines) is 1. The summed E-state index contributed by atoms with van der Waals surface area (Å²) in [6, 6.07) is 15.3. The van der Waals surface area contributed by atoms with Crippen LogP contribution in [0, 0.1) is 5.92 Å². The van der Waals surface area contributed by atoms with Gasteiger partial charge in [0.2, 0.25) is 23.6 Å². The highest BCUT2D eigenvalue weighted by Crippen LogP contribution is 2.30. The number of amides is 4. The lowest BCUT2D eigenvalue weighted by molar-refractivity contribution is -0.142. The molecule has 6 atom stereocenters. The molecule has 3 saturated heterocycles. The first-order valence-electron chi connectivity index (χ1n) is 20.6. The highest BCUT2D eigenvalue weighted by atomic mass is 32.1. The topological polar surface area (TPSA) is 157 Å². The van der Waals surface area contributed by atoms with Crippen molar-refractivity contribution >= 4 is 40.7 Å². The fourth-order valence-corrected chi connectivity index (χ4v) is 8.72. The highest BCUT2D eigenvalue weighted by Gasteiger charge is 2.51. The van der Waals surface area contributed by atoms with E-state index in [4.69, 9.17) is 9.72 Å². The lowest BCUT2D eigenvalue weighted by Gasteiger charge is -2.33. The van der Waals surface area contributed by atoms with E-state index < -0.39 is 47.6 Å². The number of likely N-dealkylation sites (N-methyl/N-ethyl adjacent to an activating group) is 1. The standard InChI is InChI=1S/C44H59N7O6S/c1-29(2)22-35(40(53)44(4)28-57-44)47-42(55)37(24-32-14-10-7-11-15-32)51-30(3)23-36(43(51)56)48-41(54)34(17-16-31-12-8-6-9-13-31)46-38(52)25-33-27-58-39(45-33)26-50-20-18-49(5)19-21-50/h6-15,27,29-30,34-37H,16-26,28H2,1-5H3,(H,46,52)(H,47,55)(H,48,54)/t30?,34-,35-,36-,37-,44?/m0/s1. The van der Waals surface area contributed by atoms with E-state index in [2.05, 4.69) is 32.8 Å². The molecule has 0 spiro atoms. The number of benzene rings is 2. The number of hydrogen-bond donors (Lipinski definition) is 3. The Labute approximate surface area is 346 Å². The molecular formula is C44H59N7O6S. The molecular weight excluding hydrogens is 755 g/mol. The minimum absolute atomic E-state index is 0.0311. The molecule has 3 aromatic rings. The van der Waals surface area contributed by atoms with Crippen LogP contribution in [0.25, 0.3) is 0 Å². The Morgan fingerprint density at radius 2 is 1.59 bits per heavy atom. The third kappa shape index (κ3) is 11.6. The molecule has 1 aromatic heterocycles. The number of aryl methyl sites for hydroxylation is 1. The normalized spacial score (nSPS) is 22.7. The Kier molecular flexibility index (Phi) is 14.5. The number of piperazine rings is 1. The van der Waals surface area contributed by atoms with Gasteiger partial charge < -0.3 is 30.5 Å². The fourth-order valence-electron chi connectivity index (χ4n) is 7.89. The number of ether oxygens (including phenoxy) is 1. The molecule has 3 aliphatic heterocycles. The molecule has 4 amide bonds. The Balaban J connectivity index is 1.14. The van der Waals surface area contributed by atoms with Crippen LogP contribution in [0.2, 0.25) is 0 Å². The zero-order valence-corrected chi connectivity index (χ0v) is 35.3. The molecule has 0 bridgehead atoms. The van der Waals surface area contributed by atoms with Crippen LogP contribution in [-0.2, 0) is 54.5 Å². The second kappa shape index (κ2) is 19.5. The number of nitrogens with one attached hydrogen (secondary N) is 3. The van der Waals surface area contributed by atoms with Gasteiger partial charge in [-0.15, -0.1) is 11.3 Å². The largest absolute Gasteiger partial charge is 0.361 e. The molecule has 0 radical (unpaired) electrons. The molecule has 312 valence electrons. The molecule has 0 saturated carbocycles. The molecule has 3 aliphatic rings. The van der Waals surface area contributed by atoms with Crippen LogP contribution in [0.15, 0.2) is 66.0 Å². The van der Waals surface area contributed by atoms with Gasteiger partial charge in [-0.1, -0.05) is 74.5 Å². The maximum Gasteiger partial charge on any atom is 0.246 e. The summed E-state index contributed by atoms with van der Waals surface area (Å²) in [6.07, 6.45) is 1.82. The first kappa shape index (κ1) is 43.1. The summed E-state index contributed by atoms with van der Waals surface area (Å²) in [6.45, 7) is 12.6. The number of Topliss-reactive ketones (excluding diaryl/α,β-unsaturated/α-hetero) is 1. The maximum absolute atomic E-state index is 14.3. The number of rotatable bonds is 19. The van der Waals surface area contributed by atoms with Gasteiger partial charge in [-0.2, -0.15) is 0 Å². The average molecular weight is 814 g/mol. The molecule has 0 aliphatic carbocycles. The van der Waals surface area contributed by atoms with Gasteiger partial charge in [0.25, 0.3) is 0 Å². The SMILES string of the molecule is CC(C)C[C@H](NC(=O)[C@H](Cc1ccccc1)N1C(=O)[C@@H](NC(=O)[C@H](CCc2ccccc2)NC(=O)Cc2csc(CN3CCN(C)CC3)n2)CC1C)C(=O)C1(C)CO1. The molecule has 2 unspecified atom stereocenters. The van der Waals surface area contributed by atoms with Gasteiger partial charge in [0.15, 0.2) is 5.78 Å². The van der Waals surface area contributed by atoms with Crippen molar-refractivity contribution in [1.29, 1.82) is 0 Å². The van der Waals surface area contributed by atoms with Crippen molar-refractivity contribution in [3.05, 3.63) is 87.9 Å². The van der Waals surface area contributed by atoms with Crippen LogP contribution in [0.1, 0.15) is 68.8 Å². The van der Waals surface area contributed by atoms with E-state index in [0.717, 1.165) is 48.9 Å². The van der Waals surface area contributed by atoms with Crippen molar-refractivity contribution in [2.24, 2.45) is 5.92 Å². The zero-order chi connectivity index (χ0) is 41.4. The van der Waals surface area contributed by atoms with Gasteiger partial charge in [0.1, 0.15) is 28.7 Å². The van der Waals surface area contributed by atoms with Crippen molar-refractivity contribution in [1.82, 2.24) is 35.6 Å². The van der Waals surface area contributed by atoms with Gasteiger partial charge in [0, 0.05) is 44.0 Å². The van der Waals surface area contributed by atoms with Crippen molar-refractivity contribution < 1.29 is 28.7 Å². The molecule has 3 N–H and O–H groups in total. The maximum atomic E-state index is 14.3. The number of nitrogens with zero attached hydrogens (tertiary/aromatic N) is 4. The molecule has 2 aromatic carbocycles. The Hall–Kier alpha value is -4.50. The van der Waals surface area contributed by atoms with Gasteiger partial charge in [0.05, 0.1) is 31.3 Å². The number of carbonyl (C=O) groups excluding carboxylic acids is 5. The zero-order valence-electron chi connectivity index (χ0n) is 34.4. The lowest BCUT2D eigenvalue weighted by Crippen LogP contribution is -2.57. The van der Waals surface area contributed by atoms with Crippen molar-refractivity contribution in [2.45, 2.75) is 109 Å². The summed E-state index contributed by atoms with van der Waals surface area (Å²) in [5, 5.41) is 11.8. The van der Waals surface area contributed by atoms with E-state index in [-0.39, 0.29) is 42.8 Å². The molecule has 58 heavy (non-hydrogen) atoms. The van der Waals surface area contributed by atoms with Gasteiger partial charge in [-0.05, 0) is 63.6 Å². The summed E-state index contributed by atoms with van der Waals surface area (Å²) in [5.41, 5.74) is 1.61. The van der Waals surface area contributed by atoms with Crippen LogP contribution in [-0.4, -0.2) is 125 Å². The lowest BCUT2D eigenvalue weighted by atomic mass is 9.92. The Morgan fingerprint density at radius 3 is 2.22 bits per heavy atom. The third-order valence-corrected chi connectivity index (χ3v) is 12.3. The van der Waals surface area contributed by atoms with Crippen LogP contribution < -0.4 is 16.0 Å². The second-order valence-corrected chi connectivity index (χ2v) is 17.7. The number of epoxide rings is 1. The number of carbonyl (C=O) groups is 5. The average Bonchev–Trinajstić information content (AvgIpc) is 3.71. The fraction of sp³-hybridized carbons (Fsp3) is 0.545. The van der Waals surface area contributed by atoms with Gasteiger partial charge in [-0.25, -0.2) is 4.98 Å². The van der Waals surface area contributed by atoms with Crippen LogP contribution in [0.5, 0.6) is 0 Å². The van der Waals surface area contributed by atoms with E-state index in [1.54, 1.807) is 11.8 Å². The monoisotopic (exact) mass is 813 g/mol.